The number of aromatic nitrogens is 1. The maximum absolute atomic E-state index is 11.2. The molecule has 0 bridgehead atoms. The fourth-order valence-corrected chi connectivity index (χ4v) is 1.98. The van der Waals surface area contributed by atoms with Crippen molar-refractivity contribution in [3.8, 4) is 11.8 Å². The number of fused-ring (bicyclic) bond motifs is 1. The molecular weight excluding hydrogens is 240 g/mol. The highest BCUT2D eigenvalue weighted by Crippen LogP contribution is 2.23. The van der Waals surface area contributed by atoms with Gasteiger partial charge in [0.1, 0.15) is 0 Å². The van der Waals surface area contributed by atoms with E-state index in [-0.39, 0.29) is 0 Å². The summed E-state index contributed by atoms with van der Waals surface area (Å²) in [7, 11) is 3.91. The molecule has 1 heterocycles. The molecular formula is C15H16N2O2. The minimum absolute atomic E-state index is 0.325. The van der Waals surface area contributed by atoms with Crippen LogP contribution in [-0.2, 0) is 0 Å². The van der Waals surface area contributed by atoms with E-state index in [2.05, 4.69) is 16.8 Å². The summed E-state index contributed by atoms with van der Waals surface area (Å²) < 4.78 is 0. The lowest BCUT2D eigenvalue weighted by atomic mass is 10.1. The van der Waals surface area contributed by atoms with E-state index in [1.807, 2.05) is 37.2 Å². The SMILES string of the molecule is Cc1[nH]c2ccc(C#CCN(C)C)cc2c1C(=O)O. The van der Waals surface area contributed by atoms with Crippen molar-refractivity contribution in [2.24, 2.45) is 0 Å². The van der Waals surface area contributed by atoms with E-state index in [0.717, 1.165) is 11.1 Å². The normalized spacial score (nSPS) is 10.5. The number of carboxylic acid groups (broad SMARTS) is 1. The fourth-order valence-electron chi connectivity index (χ4n) is 1.98. The molecule has 98 valence electrons. The Morgan fingerprint density at radius 1 is 1.42 bits per heavy atom. The van der Waals surface area contributed by atoms with Crippen molar-refractivity contribution in [3.05, 3.63) is 35.0 Å². The van der Waals surface area contributed by atoms with Gasteiger partial charge in [-0.15, -0.1) is 0 Å². The van der Waals surface area contributed by atoms with Gasteiger partial charge in [0, 0.05) is 22.2 Å². The lowest BCUT2D eigenvalue weighted by molar-refractivity contribution is 0.0698. The second kappa shape index (κ2) is 5.17. The van der Waals surface area contributed by atoms with Gasteiger partial charge in [0.15, 0.2) is 0 Å². The summed E-state index contributed by atoms with van der Waals surface area (Å²) in [5.41, 5.74) is 2.65. The van der Waals surface area contributed by atoms with Crippen molar-refractivity contribution >= 4 is 16.9 Å². The molecule has 0 amide bonds. The monoisotopic (exact) mass is 256 g/mol. The third-order valence-electron chi connectivity index (χ3n) is 2.83. The molecule has 0 aliphatic rings. The molecule has 2 rings (SSSR count). The minimum atomic E-state index is -0.915. The highest BCUT2D eigenvalue weighted by Gasteiger charge is 2.14. The smallest absolute Gasteiger partial charge is 0.338 e. The van der Waals surface area contributed by atoms with E-state index < -0.39 is 5.97 Å². The average Bonchev–Trinajstić information content (AvgIpc) is 2.63. The van der Waals surface area contributed by atoms with Crippen LogP contribution in [0.5, 0.6) is 0 Å². The fraction of sp³-hybridized carbons (Fsp3) is 0.267. The molecule has 2 aromatic rings. The Balaban J connectivity index is 2.46. The number of carbonyl (C=O) groups is 1. The molecule has 0 radical (unpaired) electrons. The Labute approximate surface area is 112 Å². The molecule has 4 nitrogen and oxygen atoms in total. The molecule has 0 aliphatic heterocycles. The number of aromatic amines is 1. The van der Waals surface area contributed by atoms with Crippen molar-refractivity contribution < 1.29 is 9.90 Å². The summed E-state index contributed by atoms with van der Waals surface area (Å²) in [5, 5.41) is 9.94. The zero-order valence-corrected chi connectivity index (χ0v) is 11.2. The van der Waals surface area contributed by atoms with Gasteiger partial charge in [0.2, 0.25) is 0 Å². The molecule has 0 atom stereocenters. The first-order valence-electron chi connectivity index (χ1n) is 5.98. The van der Waals surface area contributed by atoms with Gasteiger partial charge in [-0.3, -0.25) is 4.90 Å². The molecule has 0 unspecified atom stereocenters. The quantitative estimate of drug-likeness (QED) is 0.809. The van der Waals surface area contributed by atoms with Crippen molar-refractivity contribution in [1.29, 1.82) is 0 Å². The zero-order chi connectivity index (χ0) is 14.0. The van der Waals surface area contributed by atoms with Crippen molar-refractivity contribution in [1.82, 2.24) is 9.88 Å². The second-order valence-corrected chi connectivity index (χ2v) is 4.73. The molecule has 4 heteroatoms. The van der Waals surface area contributed by atoms with Crippen LogP contribution in [0.1, 0.15) is 21.6 Å². The molecule has 0 saturated carbocycles. The number of carboxylic acids is 1. The Kier molecular flexibility index (Phi) is 3.59. The molecule has 0 saturated heterocycles. The minimum Gasteiger partial charge on any atom is -0.478 e. The first kappa shape index (κ1) is 13.2. The van der Waals surface area contributed by atoms with Crippen LogP contribution in [-0.4, -0.2) is 41.6 Å². The lowest BCUT2D eigenvalue weighted by Gasteiger charge is -2.01. The van der Waals surface area contributed by atoms with Gasteiger partial charge in [0.25, 0.3) is 0 Å². The first-order chi connectivity index (χ1) is 8.99. The second-order valence-electron chi connectivity index (χ2n) is 4.73. The number of nitrogens with one attached hydrogen (secondary N) is 1. The highest BCUT2D eigenvalue weighted by atomic mass is 16.4. The standard InChI is InChI=1S/C15H16N2O2/c1-10-14(15(18)19)12-9-11(5-4-8-17(2)3)6-7-13(12)16-10/h6-7,9,16H,8H2,1-3H3,(H,18,19). The summed E-state index contributed by atoms with van der Waals surface area (Å²) in [6.07, 6.45) is 0. The predicted octanol–water partition coefficient (Wildman–Crippen LogP) is 2.09. The van der Waals surface area contributed by atoms with Gasteiger partial charge in [-0.2, -0.15) is 0 Å². The summed E-state index contributed by atoms with van der Waals surface area (Å²) >= 11 is 0. The van der Waals surface area contributed by atoms with Crippen molar-refractivity contribution in [2.75, 3.05) is 20.6 Å². The third-order valence-corrected chi connectivity index (χ3v) is 2.83. The first-order valence-corrected chi connectivity index (χ1v) is 5.98. The molecule has 1 aromatic carbocycles. The van der Waals surface area contributed by atoms with Gasteiger partial charge in [0.05, 0.1) is 12.1 Å². The van der Waals surface area contributed by atoms with Crippen LogP contribution in [0.15, 0.2) is 18.2 Å². The van der Waals surface area contributed by atoms with Crippen LogP contribution in [0.25, 0.3) is 10.9 Å². The predicted molar refractivity (Wildman–Crippen MR) is 75.4 cm³/mol. The van der Waals surface area contributed by atoms with Crippen LogP contribution >= 0.6 is 0 Å². The number of rotatable bonds is 2. The van der Waals surface area contributed by atoms with Gasteiger partial charge in [-0.25, -0.2) is 4.79 Å². The number of hydrogen-bond donors (Lipinski definition) is 2. The summed E-state index contributed by atoms with van der Waals surface area (Å²) in [6, 6.07) is 5.59. The number of H-pyrrole nitrogens is 1. The Hall–Kier alpha value is -2.25. The van der Waals surface area contributed by atoms with Crippen LogP contribution in [0.4, 0.5) is 0 Å². The molecule has 0 fully saturated rings. The van der Waals surface area contributed by atoms with Crippen LogP contribution in [0.3, 0.4) is 0 Å². The molecule has 1 aromatic heterocycles. The number of aromatic carboxylic acids is 1. The number of benzene rings is 1. The maximum atomic E-state index is 11.2. The number of nitrogens with zero attached hydrogens (tertiary/aromatic N) is 1. The Morgan fingerprint density at radius 3 is 2.79 bits per heavy atom. The summed E-state index contributed by atoms with van der Waals surface area (Å²) in [6.45, 7) is 2.44. The van der Waals surface area contributed by atoms with Crippen molar-refractivity contribution in [2.45, 2.75) is 6.92 Å². The molecule has 0 spiro atoms. The molecule has 19 heavy (non-hydrogen) atoms. The van der Waals surface area contributed by atoms with E-state index in [0.29, 0.717) is 23.2 Å². The van der Waals surface area contributed by atoms with Crippen LogP contribution < -0.4 is 0 Å². The van der Waals surface area contributed by atoms with Gasteiger partial charge in [-0.05, 0) is 39.2 Å². The average molecular weight is 256 g/mol. The molecule has 2 N–H and O–H groups in total. The van der Waals surface area contributed by atoms with E-state index in [1.165, 1.54) is 0 Å². The largest absolute Gasteiger partial charge is 0.478 e. The van der Waals surface area contributed by atoms with Gasteiger partial charge >= 0.3 is 5.97 Å². The summed E-state index contributed by atoms with van der Waals surface area (Å²) in [4.78, 5) is 16.3. The third kappa shape index (κ3) is 2.78. The zero-order valence-electron chi connectivity index (χ0n) is 11.2. The van der Waals surface area contributed by atoms with E-state index >= 15 is 0 Å². The van der Waals surface area contributed by atoms with Crippen molar-refractivity contribution in [3.63, 3.8) is 0 Å². The topological polar surface area (TPSA) is 56.3 Å². The van der Waals surface area contributed by atoms with Crippen LogP contribution in [0.2, 0.25) is 0 Å². The Morgan fingerprint density at radius 2 is 2.16 bits per heavy atom. The lowest BCUT2D eigenvalue weighted by Crippen LogP contribution is -2.10. The number of hydrogen-bond acceptors (Lipinski definition) is 2. The van der Waals surface area contributed by atoms with Crippen LogP contribution in [0, 0.1) is 18.8 Å². The number of aryl methyl sites for hydroxylation is 1. The van der Waals surface area contributed by atoms with E-state index in [9.17, 15) is 9.90 Å². The van der Waals surface area contributed by atoms with E-state index in [1.54, 1.807) is 6.92 Å². The van der Waals surface area contributed by atoms with Gasteiger partial charge < -0.3 is 10.1 Å². The van der Waals surface area contributed by atoms with E-state index in [4.69, 9.17) is 0 Å². The Bertz CT molecular complexity index is 687. The molecule has 0 aliphatic carbocycles. The highest BCUT2D eigenvalue weighted by molar-refractivity contribution is 6.05. The summed E-state index contributed by atoms with van der Waals surface area (Å²) in [5.74, 6) is 5.17. The van der Waals surface area contributed by atoms with Gasteiger partial charge in [-0.1, -0.05) is 11.8 Å². The maximum Gasteiger partial charge on any atom is 0.338 e.